The molecule has 7 atom stereocenters. The van der Waals surface area contributed by atoms with E-state index in [1.165, 1.54) is 302 Å². The van der Waals surface area contributed by atoms with Gasteiger partial charge in [-0.25, -0.2) is 0 Å². The van der Waals surface area contributed by atoms with Crippen LogP contribution in [0.25, 0.3) is 0 Å². The van der Waals surface area contributed by atoms with Crippen LogP contribution < -0.4 is 5.32 Å². The van der Waals surface area contributed by atoms with Crippen molar-refractivity contribution in [2.45, 2.75) is 429 Å². The van der Waals surface area contributed by atoms with E-state index in [9.17, 15) is 35.1 Å². The van der Waals surface area contributed by atoms with Gasteiger partial charge in [-0.1, -0.05) is 326 Å². The summed E-state index contributed by atoms with van der Waals surface area (Å²) in [7, 11) is 0. The van der Waals surface area contributed by atoms with Gasteiger partial charge in [0, 0.05) is 12.8 Å². The molecule has 0 spiro atoms. The van der Waals surface area contributed by atoms with Crippen molar-refractivity contribution in [3.8, 4) is 0 Å². The summed E-state index contributed by atoms with van der Waals surface area (Å²) in [6, 6.07) is -0.805. The molecule has 11 nitrogen and oxygen atoms in total. The van der Waals surface area contributed by atoms with E-state index in [0.717, 1.165) is 57.8 Å². The van der Waals surface area contributed by atoms with E-state index in [-0.39, 0.29) is 18.5 Å². The third-order valence-electron chi connectivity index (χ3n) is 18.5. The monoisotopic (exact) mass is 1260 g/mol. The predicted molar refractivity (Wildman–Crippen MR) is 375 cm³/mol. The Hall–Kier alpha value is -2.12. The standard InChI is InChI=1S/C78H147NO10/c1-3-5-7-9-11-13-14-15-39-43-46-50-54-58-62-66-74(83)87-67-63-59-55-51-47-44-41-38-36-34-32-30-28-26-24-22-20-18-16-17-19-21-23-25-27-29-31-33-35-37-40-42-45-49-53-57-61-65-73(82)79-70(71(81)64-60-56-52-48-12-10-8-6-4-2)69-88-78-77(86)76(85)75(84)72(68-80)89-78/h15-16,18,39,60,64,70-72,75-78,80-81,84-86H,3-14,17,19-38,40-59,61-63,65-69H2,1-2H3,(H,79,82)/b18-16-,39-15-,64-60+. The largest absolute Gasteiger partial charge is 0.466 e. The van der Waals surface area contributed by atoms with Gasteiger partial charge in [-0.3, -0.25) is 9.59 Å². The molecule has 1 rings (SSSR count). The molecule has 0 bridgehead atoms. The second-order valence-corrected chi connectivity index (χ2v) is 27.1. The van der Waals surface area contributed by atoms with Gasteiger partial charge in [0.05, 0.1) is 32.0 Å². The number of aliphatic hydroxyl groups is 5. The van der Waals surface area contributed by atoms with E-state index in [0.29, 0.717) is 19.4 Å². The summed E-state index contributed by atoms with van der Waals surface area (Å²) < 4.78 is 16.7. The molecule has 1 heterocycles. The van der Waals surface area contributed by atoms with Crippen LogP contribution in [0.5, 0.6) is 0 Å². The van der Waals surface area contributed by atoms with Crippen molar-refractivity contribution in [3.63, 3.8) is 0 Å². The number of ether oxygens (including phenoxy) is 3. The molecule has 1 amide bonds. The number of amides is 1. The van der Waals surface area contributed by atoms with E-state index in [2.05, 4.69) is 43.5 Å². The number of hydrogen-bond donors (Lipinski definition) is 6. The van der Waals surface area contributed by atoms with E-state index in [1.54, 1.807) is 6.08 Å². The highest BCUT2D eigenvalue weighted by atomic mass is 16.7. The van der Waals surface area contributed by atoms with Gasteiger partial charge in [0.1, 0.15) is 24.4 Å². The van der Waals surface area contributed by atoms with E-state index in [1.807, 2.05) is 6.08 Å². The Kier molecular flexibility index (Phi) is 64.2. The summed E-state index contributed by atoms with van der Waals surface area (Å²) in [4.78, 5) is 25.1. The molecular formula is C78H147NO10. The molecule has 11 heteroatoms. The Morgan fingerprint density at radius 1 is 0.404 bits per heavy atom. The first-order valence-electron chi connectivity index (χ1n) is 38.8. The Morgan fingerprint density at radius 2 is 0.719 bits per heavy atom. The lowest BCUT2D eigenvalue weighted by atomic mass is 9.99. The van der Waals surface area contributed by atoms with Crippen LogP contribution in [-0.4, -0.2) is 100 Å². The fraction of sp³-hybridized carbons (Fsp3) is 0.897. The normalized spacial score (nSPS) is 17.9. The highest BCUT2D eigenvalue weighted by Crippen LogP contribution is 2.24. The molecule has 0 aromatic rings. The number of nitrogens with one attached hydrogen (secondary N) is 1. The smallest absolute Gasteiger partial charge is 0.305 e. The van der Waals surface area contributed by atoms with Gasteiger partial charge in [-0.2, -0.15) is 0 Å². The molecule has 6 N–H and O–H groups in total. The van der Waals surface area contributed by atoms with Gasteiger partial charge in [-0.05, 0) is 83.5 Å². The number of carbonyl (C=O) groups is 2. The summed E-state index contributed by atoms with van der Waals surface area (Å²) >= 11 is 0. The molecule has 524 valence electrons. The summed E-state index contributed by atoms with van der Waals surface area (Å²) in [5.41, 5.74) is 0. The Balaban J connectivity index is 1.86. The minimum atomic E-state index is -1.57. The van der Waals surface area contributed by atoms with Crippen molar-refractivity contribution in [2.75, 3.05) is 19.8 Å². The molecule has 7 unspecified atom stereocenters. The molecule has 1 aliphatic heterocycles. The molecule has 89 heavy (non-hydrogen) atoms. The summed E-state index contributed by atoms with van der Waals surface area (Å²) in [5.74, 6) is -0.170. The molecule has 0 aliphatic carbocycles. The second kappa shape index (κ2) is 67.3. The number of carbonyl (C=O) groups excluding carboxylic acids is 2. The zero-order valence-electron chi connectivity index (χ0n) is 58.4. The van der Waals surface area contributed by atoms with Crippen LogP contribution in [0.1, 0.15) is 386 Å². The quantitative estimate of drug-likeness (QED) is 0.0195. The molecule has 1 saturated heterocycles. The van der Waals surface area contributed by atoms with Gasteiger partial charge < -0.3 is 45.1 Å². The first kappa shape index (κ1) is 84.9. The van der Waals surface area contributed by atoms with Gasteiger partial charge in [0.15, 0.2) is 6.29 Å². The number of hydrogen-bond acceptors (Lipinski definition) is 10. The van der Waals surface area contributed by atoms with Gasteiger partial charge in [-0.15, -0.1) is 0 Å². The zero-order chi connectivity index (χ0) is 64.4. The van der Waals surface area contributed by atoms with Crippen molar-refractivity contribution in [1.82, 2.24) is 5.32 Å². The number of unbranched alkanes of at least 4 members (excludes halogenated alkanes) is 51. The lowest BCUT2D eigenvalue weighted by Crippen LogP contribution is -2.60. The number of allylic oxidation sites excluding steroid dienone is 5. The lowest BCUT2D eigenvalue weighted by Gasteiger charge is -2.40. The highest BCUT2D eigenvalue weighted by molar-refractivity contribution is 5.76. The SMILES string of the molecule is CCCCCCCC/C=C\CCCCCCCC(=O)OCCCCCCCCCCCCCCCCCC/C=C\CCCCCCCCCCCCCCCCCCCC(=O)NC(COC1OC(CO)C(O)C(O)C1O)C(O)/C=C/CCCCCCCCC. The second-order valence-electron chi connectivity index (χ2n) is 27.1. The maximum absolute atomic E-state index is 13.0. The minimum absolute atomic E-state index is 0.00777. The molecule has 0 aromatic carbocycles. The van der Waals surface area contributed by atoms with Crippen molar-refractivity contribution < 1.29 is 49.3 Å². The molecule has 0 radical (unpaired) electrons. The average molecular weight is 1260 g/mol. The van der Waals surface area contributed by atoms with Gasteiger partial charge >= 0.3 is 5.97 Å². The first-order valence-corrected chi connectivity index (χ1v) is 38.8. The topological polar surface area (TPSA) is 175 Å². The molecular weight excluding hydrogens is 1110 g/mol. The average Bonchev–Trinajstić information content (AvgIpc) is 1.84. The number of rotatable bonds is 69. The van der Waals surface area contributed by atoms with Crippen LogP contribution in [0.2, 0.25) is 0 Å². The maximum atomic E-state index is 13.0. The number of esters is 1. The van der Waals surface area contributed by atoms with Crippen LogP contribution in [0.15, 0.2) is 36.5 Å². The van der Waals surface area contributed by atoms with Crippen LogP contribution >= 0.6 is 0 Å². The van der Waals surface area contributed by atoms with Crippen LogP contribution in [0, 0.1) is 0 Å². The molecule has 1 aliphatic rings. The molecule has 1 fully saturated rings. The fourth-order valence-electron chi connectivity index (χ4n) is 12.4. The van der Waals surface area contributed by atoms with Crippen molar-refractivity contribution in [2.24, 2.45) is 0 Å². The van der Waals surface area contributed by atoms with Gasteiger partial charge in [0.25, 0.3) is 0 Å². The Labute approximate surface area is 549 Å². The van der Waals surface area contributed by atoms with Gasteiger partial charge in [0.2, 0.25) is 5.91 Å². The van der Waals surface area contributed by atoms with E-state index >= 15 is 0 Å². The van der Waals surface area contributed by atoms with Crippen LogP contribution in [0.4, 0.5) is 0 Å². The summed E-state index contributed by atoms with van der Waals surface area (Å²) in [6.07, 6.45) is 77.6. The third kappa shape index (κ3) is 56.0. The lowest BCUT2D eigenvalue weighted by molar-refractivity contribution is -0.302. The van der Waals surface area contributed by atoms with Crippen LogP contribution in [0.3, 0.4) is 0 Å². The zero-order valence-corrected chi connectivity index (χ0v) is 58.4. The van der Waals surface area contributed by atoms with Crippen molar-refractivity contribution >= 4 is 11.9 Å². The minimum Gasteiger partial charge on any atom is -0.466 e. The van der Waals surface area contributed by atoms with Crippen molar-refractivity contribution in [3.05, 3.63) is 36.5 Å². The van der Waals surface area contributed by atoms with Crippen molar-refractivity contribution in [1.29, 1.82) is 0 Å². The predicted octanol–water partition coefficient (Wildman–Crippen LogP) is 20.5. The molecule has 0 aromatic heterocycles. The van der Waals surface area contributed by atoms with E-state index < -0.39 is 49.5 Å². The summed E-state index contributed by atoms with van der Waals surface area (Å²) in [5, 5.41) is 54.3. The highest BCUT2D eigenvalue weighted by Gasteiger charge is 2.44. The maximum Gasteiger partial charge on any atom is 0.305 e. The van der Waals surface area contributed by atoms with Crippen LogP contribution in [-0.2, 0) is 23.8 Å². The Bertz CT molecular complexity index is 1570. The number of aliphatic hydroxyl groups excluding tert-OH is 5. The van der Waals surface area contributed by atoms with E-state index in [4.69, 9.17) is 14.2 Å². The molecule has 0 saturated carbocycles. The third-order valence-corrected chi connectivity index (χ3v) is 18.5. The Morgan fingerprint density at radius 3 is 1.08 bits per heavy atom. The fourth-order valence-corrected chi connectivity index (χ4v) is 12.4. The summed E-state index contributed by atoms with van der Waals surface area (Å²) in [6.45, 7) is 4.35. The first-order chi connectivity index (χ1) is 43.7.